The van der Waals surface area contributed by atoms with Gasteiger partial charge in [-0.25, -0.2) is 0 Å². The van der Waals surface area contributed by atoms with Crippen molar-refractivity contribution in [3.8, 4) is 5.75 Å². The van der Waals surface area contributed by atoms with Gasteiger partial charge < -0.3 is 15.4 Å². The van der Waals surface area contributed by atoms with E-state index in [2.05, 4.69) is 15.6 Å². The van der Waals surface area contributed by atoms with Crippen LogP contribution in [0.2, 0.25) is 0 Å². The van der Waals surface area contributed by atoms with Gasteiger partial charge >= 0.3 is 11.8 Å². The Hall–Kier alpha value is -2.89. The highest BCUT2D eigenvalue weighted by Crippen LogP contribution is 2.15. The number of benzene rings is 1. The van der Waals surface area contributed by atoms with Crippen LogP contribution in [-0.2, 0) is 16.0 Å². The van der Waals surface area contributed by atoms with E-state index in [9.17, 15) is 9.59 Å². The van der Waals surface area contributed by atoms with Crippen molar-refractivity contribution in [3.63, 3.8) is 0 Å². The molecule has 0 aliphatic heterocycles. The van der Waals surface area contributed by atoms with Gasteiger partial charge in [-0.1, -0.05) is 6.07 Å². The minimum atomic E-state index is -0.699. The first-order valence-corrected chi connectivity index (χ1v) is 7.41. The first-order chi connectivity index (χ1) is 11.2. The average Bonchev–Trinajstić information content (AvgIpc) is 2.57. The molecule has 0 spiro atoms. The highest BCUT2D eigenvalue weighted by molar-refractivity contribution is 6.39. The number of rotatable bonds is 6. The Labute approximate surface area is 134 Å². The van der Waals surface area contributed by atoms with Crippen molar-refractivity contribution in [3.05, 3.63) is 54.4 Å². The number of carbonyl (C=O) groups is 2. The van der Waals surface area contributed by atoms with E-state index in [4.69, 9.17) is 4.74 Å². The highest BCUT2D eigenvalue weighted by Gasteiger charge is 2.13. The molecule has 0 saturated carbocycles. The molecule has 0 bridgehead atoms. The zero-order chi connectivity index (χ0) is 16.5. The van der Waals surface area contributed by atoms with Crippen LogP contribution in [0.5, 0.6) is 5.75 Å². The van der Waals surface area contributed by atoms with Crippen LogP contribution in [0, 0.1) is 0 Å². The fourth-order valence-electron chi connectivity index (χ4n) is 1.92. The second kappa shape index (κ2) is 8.53. The molecule has 0 unspecified atom stereocenters. The Balaban J connectivity index is 1.77. The van der Waals surface area contributed by atoms with Gasteiger partial charge in [-0.2, -0.15) is 0 Å². The quantitative estimate of drug-likeness (QED) is 0.797. The van der Waals surface area contributed by atoms with Crippen LogP contribution in [0.4, 0.5) is 5.69 Å². The molecule has 1 aromatic heterocycles. The predicted octanol–water partition coefficient (Wildman–Crippen LogP) is 1.78. The van der Waals surface area contributed by atoms with Crippen LogP contribution in [0.15, 0.2) is 48.7 Å². The molecule has 0 fully saturated rings. The molecular weight excluding hydrogens is 294 g/mol. The minimum Gasteiger partial charge on any atom is -0.494 e. The van der Waals surface area contributed by atoms with Gasteiger partial charge in [0, 0.05) is 30.5 Å². The molecule has 0 radical (unpaired) electrons. The van der Waals surface area contributed by atoms with Gasteiger partial charge in [-0.15, -0.1) is 0 Å². The average molecular weight is 313 g/mol. The summed E-state index contributed by atoms with van der Waals surface area (Å²) in [7, 11) is 0. The lowest BCUT2D eigenvalue weighted by atomic mass is 10.2. The number of nitrogens with one attached hydrogen (secondary N) is 2. The lowest BCUT2D eigenvalue weighted by Crippen LogP contribution is -2.36. The molecule has 120 valence electrons. The van der Waals surface area contributed by atoms with Gasteiger partial charge in [0.05, 0.1) is 6.61 Å². The van der Waals surface area contributed by atoms with Crippen LogP contribution in [0.25, 0.3) is 0 Å². The smallest absolute Gasteiger partial charge is 0.313 e. The van der Waals surface area contributed by atoms with Crippen LogP contribution in [0.3, 0.4) is 0 Å². The molecule has 1 heterocycles. The van der Waals surface area contributed by atoms with Crippen molar-refractivity contribution in [1.29, 1.82) is 0 Å². The minimum absolute atomic E-state index is 0.354. The molecule has 6 nitrogen and oxygen atoms in total. The molecule has 2 N–H and O–H groups in total. The van der Waals surface area contributed by atoms with Gasteiger partial charge in [-0.3, -0.25) is 14.6 Å². The van der Waals surface area contributed by atoms with E-state index in [0.29, 0.717) is 31.0 Å². The normalized spacial score (nSPS) is 9.96. The molecule has 2 rings (SSSR count). The third-order valence-electron chi connectivity index (χ3n) is 3.02. The van der Waals surface area contributed by atoms with E-state index in [1.165, 1.54) is 0 Å². The molecule has 0 aliphatic carbocycles. The zero-order valence-electron chi connectivity index (χ0n) is 12.9. The first-order valence-electron chi connectivity index (χ1n) is 7.41. The van der Waals surface area contributed by atoms with Gasteiger partial charge in [0.2, 0.25) is 0 Å². The Bertz CT molecular complexity index is 642. The summed E-state index contributed by atoms with van der Waals surface area (Å²) in [5.74, 6) is -0.657. The second-order valence-corrected chi connectivity index (χ2v) is 4.74. The van der Waals surface area contributed by atoms with Crippen LogP contribution in [-0.4, -0.2) is 29.9 Å². The second-order valence-electron chi connectivity index (χ2n) is 4.74. The Morgan fingerprint density at radius 3 is 2.52 bits per heavy atom. The monoisotopic (exact) mass is 313 g/mol. The van der Waals surface area contributed by atoms with E-state index in [1.54, 1.807) is 30.5 Å². The zero-order valence-corrected chi connectivity index (χ0v) is 12.9. The van der Waals surface area contributed by atoms with Gasteiger partial charge in [0.25, 0.3) is 0 Å². The lowest BCUT2D eigenvalue weighted by molar-refractivity contribution is -0.136. The molecule has 1 aromatic carbocycles. The van der Waals surface area contributed by atoms with Crippen molar-refractivity contribution in [2.45, 2.75) is 13.3 Å². The van der Waals surface area contributed by atoms with Gasteiger partial charge in [0.15, 0.2) is 0 Å². The van der Waals surface area contributed by atoms with Crippen molar-refractivity contribution in [2.75, 3.05) is 18.5 Å². The summed E-state index contributed by atoms with van der Waals surface area (Å²) < 4.78 is 5.31. The van der Waals surface area contributed by atoms with E-state index >= 15 is 0 Å². The van der Waals surface area contributed by atoms with E-state index in [1.807, 2.05) is 25.1 Å². The number of pyridine rings is 1. The third-order valence-corrected chi connectivity index (χ3v) is 3.02. The summed E-state index contributed by atoms with van der Waals surface area (Å²) in [5, 5.41) is 5.10. The van der Waals surface area contributed by atoms with Crippen LogP contribution >= 0.6 is 0 Å². The Morgan fingerprint density at radius 2 is 1.87 bits per heavy atom. The SMILES string of the molecule is CCOc1ccc(NC(=O)C(=O)NCCc2ccccn2)cc1. The molecular formula is C17H19N3O3. The van der Waals surface area contributed by atoms with Crippen molar-refractivity contribution >= 4 is 17.5 Å². The maximum absolute atomic E-state index is 11.8. The third kappa shape index (κ3) is 5.43. The summed E-state index contributed by atoms with van der Waals surface area (Å²) in [6, 6.07) is 12.4. The number of hydrogen-bond acceptors (Lipinski definition) is 4. The molecule has 6 heteroatoms. The van der Waals surface area contributed by atoms with Crippen LogP contribution < -0.4 is 15.4 Å². The number of anilines is 1. The van der Waals surface area contributed by atoms with E-state index < -0.39 is 11.8 Å². The Morgan fingerprint density at radius 1 is 1.09 bits per heavy atom. The van der Waals surface area contributed by atoms with Gasteiger partial charge in [-0.05, 0) is 43.3 Å². The van der Waals surface area contributed by atoms with Crippen molar-refractivity contribution < 1.29 is 14.3 Å². The van der Waals surface area contributed by atoms with Crippen molar-refractivity contribution in [1.82, 2.24) is 10.3 Å². The summed E-state index contributed by atoms with van der Waals surface area (Å²) >= 11 is 0. The maximum Gasteiger partial charge on any atom is 0.313 e. The molecule has 0 saturated heterocycles. The fourth-order valence-corrected chi connectivity index (χ4v) is 1.92. The topological polar surface area (TPSA) is 80.3 Å². The summed E-state index contributed by atoms with van der Waals surface area (Å²) in [6.07, 6.45) is 2.26. The number of hydrogen-bond donors (Lipinski definition) is 2. The molecule has 2 amide bonds. The van der Waals surface area contributed by atoms with Crippen LogP contribution in [0.1, 0.15) is 12.6 Å². The number of aromatic nitrogens is 1. The maximum atomic E-state index is 11.8. The van der Waals surface area contributed by atoms with E-state index in [0.717, 1.165) is 5.69 Å². The summed E-state index contributed by atoms with van der Waals surface area (Å²) in [4.78, 5) is 27.7. The van der Waals surface area contributed by atoms with Crippen molar-refractivity contribution in [2.24, 2.45) is 0 Å². The molecule has 0 aliphatic rings. The highest BCUT2D eigenvalue weighted by atomic mass is 16.5. The number of carbonyl (C=O) groups excluding carboxylic acids is 2. The lowest BCUT2D eigenvalue weighted by Gasteiger charge is -2.07. The summed E-state index contributed by atoms with van der Waals surface area (Å²) in [5.41, 5.74) is 1.40. The number of nitrogens with zero attached hydrogens (tertiary/aromatic N) is 1. The number of amides is 2. The fraction of sp³-hybridized carbons (Fsp3) is 0.235. The van der Waals surface area contributed by atoms with E-state index in [-0.39, 0.29) is 0 Å². The molecule has 0 atom stereocenters. The molecule has 23 heavy (non-hydrogen) atoms. The summed E-state index contributed by atoms with van der Waals surface area (Å²) in [6.45, 7) is 2.82. The predicted molar refractivity (Wildman–Crippen MR) is 87.2 cm³/mol. The standard InChI is InChI=1S/C17H19N3O3/c1-2-23-15-8-6-14(7-9-15)20-17(22)16(21)19-12-10-13-5-3-4-11-18-13/h3-9,11H,2,10,12H2,1H3,(H,19,21)(H,20,22). The number of ether oxygens (including phenoxy) is 1. The first kappa shape index (κ1) is 16.5. The van der Waals surface area contributed by atoms with Gasteiger partial charge in [0.1, 0.15) is 5.75 Å². The molecule has 2 aromatic rings. The Kier molecular flexibility index (Phi) is 6.11. The largest absolute Gasteiger partial charge is 0.494 e.